The molecule has 2 fully saturated rings. The van der Waals surface area contributed by atoms with Crippen LogP contribution in [0.1, 0.15) is 29.9 Å². The molecule has 2 heterocycles. The average Bonchev–Trinajstić information content (AvgIpc) is 2.91. The molecule has 3 amide bonds. The van der Waals surface area contributed by atoms with Gasteiger partial charge in [-0.3, -0.25) is 9.78 Å². The second-order valence-electron chi connectivity index (χ2n) is 7.55. The number of nitrogens with zero attached hydrogens (tertiary/aromatic N) is 2. The topological polar surface area (TPSA) is 62.3 Å². The molecule has 5 nitrogen and oxygen atoms in total. The van der Waals surface area contributed by atoms with Crippen molar-refractivity contribution in [1.29, 1.82) is 0 Å². The van der Waals surface area contributed by atoms with Gasteiger partial charge in [0.05, 0.1) is 11.9 Å². The molecule has 0 radical (unpaired) electrons. The van der Waals surface area contributed by atoms with Crippen LogP contribution in [0.25, 0.3) is 10.8 Å². The van der Waals surface area contributed by atoms with E-state index in [-0.39, 0.29) is 11.9 Å². The van der Waals surface area contributed by atoms with E-state index in [1.54, 1.807) is 12.4 Å². The number of urea groups is 1. The van der Waals surface area contributed by atoms with Crippen LogP contribution >= 0.6 is 0 Å². The van der Waals surface area contributed by atoms with E-state index in [4.69, 9.17) is 0 Å². The highest BCUT2D eigenvalue weighted by Crippen LogP contribution is 2.48. The number of aromatic nitrogens is 1. The molecule has 1 aliphatic heterocycles. The number of rotatable bonds is 2. The molecule has 2 aliphatic rings. The minimum Gasteiger partial charge on any atom is -0.323 e. The van der Waals surface area contributed by atoms with Crippen LogP contribution in [0, 0.1) is 6.92 Å². The summed E-state index contributed by atoms with van der Waals surface area (Å²) in [6, 6.07) is 15.7. The zero-order chi connectivity index (χ0) is 18.6. The monoisotopic (exact) mass is 357 g/mol. The number of amides is 3. The zero-order valence-electron chi connectivity index (χ0n) is 15.0. The molecule has 1 saturated heterocycles. The molecular weight excluding hydrogens is 338 g/mol. The summed E-state index contributed by atoms with van der Waals surface area (Å²) in [5.41, 5.74) is 2.20. The molecule has 27 heavy (non-hydrogen) atoms. The van der Waals surface area contributed by atoms with Crippen LogP contribution in [0.2, 0.25) is 0 Å². The second-order valence-corrected chi connectivity index (χ2v) is 7.55. The predicted molar refractivity (Wildman–Crippen MR) is 104 cm³/mol. The Morgan fingerprint density at radius 2 is 1.89 bits per heavy atom. The Hall–Kier alpha value is -3.21. The largest absolute Gasteiger partial charge is 0.329 e. The molecule has 0 atom stereocenters. The summed E-state index contributed by atoms with van der Waals surface area (Å²) < 4.78 is 0. The maximum Gasteiger partial charge on any atom is 0.329 e. The first-order chi connectivity index (χ1) is 13.1. The molecule has 1 aliphatic carbocycles. The van der Waals surface area contributed by atoms with E-state index < -0.39 is 5.54 Å². The van der Waals surface area contributed by atoms with Crippen molar-refractivity contribution >= 4 is 28.4 Å². The van der Waals surface area contributed by atoms with E-state index in [9.17, 15) is 9.59 Å². The average molecular weight is 357 g/mol. The van der Waals surface area contributed by atoms with Gasteiger partial charge < -0.3 is 5.32 Å². The SMILES string of the molecule is Cc1cccc(C2CC3(C2)NC(=O)N(c2cncc4ccccc24)C3=O)c1. The van der Waals surface area contributed by atoms with Gasteiger partial charge in [-0.05, 0) is 31.2 Å². The third-order valence-corrected chi connectivity index (χ3v) is 5.75. The van der Waals surface area contributed by atoms with Crippen molar-refractivity contribution in [2.45, 2.75) is 31.2 Å². The normalized spacial score (nSPS) is 24.3. The van der Waals surface area contributed by atoms with Crippen molar-refractivity contribution in [3.05, 3.63) is 72.1 Å². The number of nitrogens with one attached hydrogen (secondary N) is 1. The summed E-state index contributed by atoms with van der Waals surface area (Å²) in [7, 11) is 0. The van der Waals surface area contributed by atoms with E-state index in [1.165, 1.54) is 16.0 Å². The van der Waals surface area contributed by atoms with Crippen molar-refractivity contribution in [2.24, 2.45) is 0 Å². The molecule has 3 aromatic rings. The summed E-state index contributed by atoms with van der Waals surface area (Å²) in [5.74, 6) is 0.120. The van der Waals surface area contributed by atoms with E-state index in [0.717, 1.165) is 10.8 Å². The first kappa shape index (κ1) is 16.0. The first-order valence-electron chi connectivity index (χ1n) is 9.13. The molecule has 134 valence electrons. The number of carbonyl (C=O) groups excluding carboxylic acids is 2. The van der Waals surface area contributed by atoms with Gasteiger partial charge in [0.2, 0.25) is 0 Å². The highest BCUT2D eigenvalue weighted by atomic mass is 16.2. The lowest BCUT2D eigenvalue weighted by atomic mass is 9.65. The van der Waals surface area contributed by atoms with Crippen LogP contribution in [0.3, 0.4) is 0 Å². The van der Waals surface area contributed by atoms with Crippen LogP contribution in [0.5, 0.6) is 0 Å². The fourth-order valence-corrected chi connectivity index (χ4v) is 4.34. The van der Waals surface area contributed by atoms with Crippen molar-refractivity contribution < 1.29 is 9.59 Å². The lowest BCUT2D eigenvalue weighted by Crippen LogP contribution is -2.56. The van der Waals surface area contributed by atoms with Gasteiger partial charge in [0.25, 0.3) is 5.91 Å². The van der Waals surface area contributed by atoms with Crippen LogP contribution < -0.4 is 10.2 Å². The number of pyridine rings is 1. The van der Waals surface area contributed by atoms with E-state index in [0.29, 0.717) is 24.4 Å². The van der Waals surface area contributed by atoms with Gasteiger partial charge in [0, 0.05) is 17.0 Å². The van der Waals surface area contributed by atoms with Crippen LogP contribution in [0.15, 0.2) is 60.9 Å². The Morgan fingerprint density at radius 3 is 2.70 bits per heavy atom. The third kappa shape index (κ3) is 2.35. The quantitative estimate of drug-likeness (QED) is 0.707. The standard InChI is InChI=1S/C22H19N3O2/c1-14-5-4-7-15(9-14)17-10-22(11-17)20(26)25(21(27)24-22)19-13-23-12-16-6-2-3-8-18(16)19/h2-9,12-13,17H,10-11H2,1H3,(H,24,27). The lowest BCUT2D eigenvalue weighted by Gasteiger charge is -2.43. The molecule has 5 rings (SSSR count). The molecular formula is C22H19N3O2. The number of hydrogen-bond donors (Lipinski definition) is 1. The molecule has 5 heteroatoms. The minimum atomic E-state index is -0.789. The van der Waals surface area contributed by atoms with E-state index >= 15 is 0 Å². The minimum absolute atomic E-state index is 0.172. The van der Waals surface area contributed by atoms with E-state index in [1.807, 2.05) is 30.3 Å². The Balaban J connectivity index is 1.46. The summed E-state index contributed by atoms with van der Waals surface area (Å²) in [4.78, 5) is 31.4. The van der Waals surface area contributed by atoms with Crippen molar-refractivity contribution in [1.82, 2.24) is 10.3 Å². The van der Waals surface area contributed by atoms with Gasteiger partial charge in [0.1, 0.15) is 5.54 Å². The molecule has 1 spiro atoms. The highest BCUT2D eigenvalue weighted by molar-refractivity contribution is 6.26. The Labute approximate surface area is 157 Å². The maximum atomic E-state index is 13.2. The molecule has 0 bridgehead atoms. The zero-order valence-corrected chi connectivity index (χ0v) is 15.0. The molecule has 1 N–H and O–H groups in total. The molecule has 1 aromatic heterocycles. The number of fused-ring (bicyclic) bond motifs is 1. The van der Waals surface area contributed by atoms with E-state index in [2.05, 4.69) is 35.4 Å². The fourth-order valence-electron chi connectivity index (χ4n) is 4.34. The fraction of sp³-hybridized carbons (Fsp3) is 0.227. The summed E-state index contributed by atoms with van der Waals surface area (Å²) in [5, 5.41) is 4.71. The summed E-state index contributed by atoms with van der Waals surface area (Å²) >= 11 is 0. The predicted octanol–water partition coefficient (Wildman–Crippen LogP) is 3.92. The summed E-state index contributed by atoms with van der Waals surface area (Å²) in [6.45, 7) is 2.07. The second kappa shape index (κ2) is 5.64. The van der Waals surface area contributed by atoms with Gasteiger partial charge in [-0.25, -0.2) is 9.69 Å². The summed E-state index contributed by atoms with van der Waals surface area (Å²) in [6.07, 6.45) is 4.60. The Kier molecular flexibility index (Phi) is 3.34. The van der Waals surface area contributed by atoms with Crippen LogP contribution in [-0.2, 0) is 4.79 Å². The Bertz CT molecular complexity index is 1080. The highest BCUT2D eigenvalue weighted by Gasteiger charge is 2.59. The maximum absolute atomic E-state index is 13.2. The van der Waals surface area contributed by atoms with Crippen molar-refractivity contribution in [2.75, 3.05) is 4.90 Å². The number of anilines is 1. The van der Waals surface area contributed by atoms with Crippen molar-refractivity contribution in [3.8, 4) is 0 Å². The van der Waals surface area contributed by atoms with Crippen molar-refractivity contribution in [3.63, 3.8) is 0 Å². The number of aryl methyl sites for hydroxylation is 1. The van der Waals surface area contributed by atoms with Crippen LogP contribution in [-0.4, -0.2) is 22.5 Å². The molecule has 0 unspecified atom stereocenters. The first-order valence-corrected chi connectivity index (χ1v) is 9.13. The number of benzene rings is 2. The van der Waals surface area contributed by atoms with Gasteiger partial charge in [-0.2, -0.15) is 0 Å². The number of hydrogen-bond acceptors (Lipinski definition) is 3. The van der Waals surface area contributed by atoms with Gasteiger partial charge in [-0.1, -0.05) is 54.1 Å². The third-order valence-electron chi connectivity index (χ3n) is 5.75. The lowest BCUT2D eigenvalue weighted by molar-refractivity contribution is -0.125. The molecule has 1 saturated carbocycles. The van der Waals surface area contributed by atoms with Gasteiger partial charge >= 0.3 is 6.03 Å². The number of carbonyl (C=O) groups is 2. The van der Waals surface area contributed by atoms with Crippen LogP contribution in [0.4, 0.5) is 10.5 Å². The smallest absolute Gasteiger partial charge is 0.323 e. The Morgan fingerprint density at radius 1 is 1.07 bits per heavy atom. The molecule has 2 aromatic carbocycles. The van der Waals surface area contributed by atoms with Gasteiger partial charge in [0.15, 0.2) is 0 Å². The number of imide groups is 1. The van der Waals surface area contributed by atoms with Gasteiger partial charge in [-0.15, -0.1) is 0 Å².